The minimum Gasteiger partial charge on any atom is -0.313 e. The fourth-order valence-electron chi connectivity index (χ4n) is 1.54. The van der Waals surface area contributed by atoms with Crippen molar-refractivity contribution in [3.05, 3.63) is 22.4 Å². The first-order valence-electron chi connectivity index (χ1n) is 5.87. The van der Waals surface area contributed by atoms with Crippen molar-refractivity contribution in [2.75, 3.05) is 18.8 Å². The molecule has 0 aromatic carbocycles. The first-order chi connectivity index (χ1) is 8.16. The molecule has 6 heteroatoms. The van der Waals surface area contributed by atoms with Gasteiger partial charge < -0.3 is 5.32 Å². The molecule has 0 radical (unpaired) electrons. The van der Waals surface area contributed by atoms with Crippen LogP contribution in [0.15, 0.2) is 16.8 Å². The molecule has 2 N–H and O–H groups in total. The molecule has 2 rings (SSSR count). The summed E-state index contributed by atoms with van der Waals surface area (Å²) in [5.74, 6) is 0.174. The van der Waals surface area contributed by atoms with Crippen molar-refractivity contribution in [2.24, 2.45) is 0 Å². The average Bonchev–Trinajstić information content (AvgIpc) is 2.93. The first kappa shape index (κ1) is 13.0. The van der Waals surface area contributed by atoms with Crippen LogP contribution in [0, 0.1) is 0 Å². The summed E-state index contributed by atoms with van der Waals surface area (Å²) < 4.78 is 25.9. The Labute approximate surface area is 106 Å². The van der Waals surface area contributed by atoms with Gasteiger partial charge in [-0.25, -0.2) is 13.1 Å². The van der Waals surface area contributed by atoms with Crippen LogP contribution in [0.5, 0.6) is 0 Å². The minimum atomic E-state index is -3.11. The number of hydrogen-bond donors (Lipinski definition) is 2. The monoisotopic (exact) mass is 274 g/mol. The lowest BCUT2D eigenvalue weighted by Gasteiger charge is -2.06. The second-order valence-corrected chi connectivity index (χ2v) is 7.03. The molecule has 96 valence electrons. The largest absolute Gasteiger partial charge is 0.313 e. The third-order valence-electron chi connectivity index (χ3n) is 2.70. The Morgan fingerprint density at radius 3 is 2.82 bits per heavy atom. The zero-order valence-corrected chi connectivity index (χ0v) is 11.3. The highest BCUT2D eigenvalue weighted by Crippen LogP contribution is 2.17. The van der Waals surface area contributed by atoms with Gasteiger partial charge in [0.2, 0.25) is 10.0 Å². The van der Waals surface area contributed by atoms with Gasteiger partial charge in [0.25, 0.3) is 0 Å². The summed E-state index contributed by atoms with van der Waals surface area (Å²) in [4.78, 5) is 0. The molecule has 1 heterocycles. The highest BCUT2D eigenvalue weighted by Gasteiger charge is 2.20. The van der Waals surface area contributed by atoms with E-state index >= 15 is 0 Å². The van der Waals surface area contributed by atoms with Crippen molar-refractivity contribution in [2.45, 2.75) is 25.3 Å². The summed E-state index contributed by atoms with van der Waals surface area (Å²) in [5, 5.41) is 7.25. The van der Waals surface area contributed by atoms with E-state index in [2.05, 4.69) is 10.0 Å². The van der Waals surface area contributed by atoms with Gasteiger partial charge in [-0.3, -0.25) is 0 Å². The molecule has 0 unspecified atom stereocenters. The standard InChI is InChI=1S/C11H18N2O2S2/c14-17(15,8-6-12-11-1-2-11)13-5-3-10-4-7-16-9-10/h4,7,9,11-13H,1-3,5-6,8H2. The molecular weight excluding hydrogens is 256 g/mol. The smallest absolute Gasteiger partial charge is 0.212 e. The third-order valence-corrected chi connectivity index (χ3v) is 4.81. The Kier molecular flexibility index (Phi) is 4.55. The third kappa shape index (κ3) is 5.16. The summed E-state index contributed by atoms with van der Waals surface area (Å²) in [5.41, 5.74) is 1.19. The van der Waals surface area contributed by atoms with Crippen molar-refractivity contribution in [1.29, 1.82) is 0 Å². The van der Waals surface area contributed by atoms with Crippen molar-refractivity contribution >= 4 is 21.4 Å². The first-order valence-corrected chi connectivity index (χ1v) is 8.47. The van der Waals surface area contributed by atoms with Crippen molar-refractivity contribution in [1.82, 2.24) is 10.0 Å². The fourth-order valence-corrected chi connectivity index (χ4v) is 3.19. The van der Waals surface area contributed by atoms with Crippen molar-refractivity contribution in [3.8, 4) is 0 Å². The van der Waals surface area contributed by atoms with Gasteiger partial charge in [0.05, 0.1) is 5.75 Å². The summed E-state index contributed by atoms with van der Waals surface area (Å²) in [6.07, 6.45) is 3.13. The zero-order valence-electron chi connectivity index (χ0n) is 9.69. The number of thiophene rings is 1. The molecule has 4 nitrogen and oxygen atoms in total. The molecule has 0 amide bonds. The summed E-state index contributed by atoms with van der Waals surface area (Å²) in [7, 11) is -3.11. The lowest BCUT2D eigenvalue weighted by Crippen LogP contribution is -2.33. The highest BCUT2D eigenvalue weighted by atomic mass is 32.2. The molecule has 1 aromatic heterocycles. The maximum atomic E-state index is 11.6. The van der Waals surface area contributed by atoms with Crippen LogP contribution in [0.1, 0.15) is 18.4 Å². The number of hydrogen-bond acceptors (Lipinski definition) is 4. The Balaban J connectivity index is 1.62. The second kappa shape index (κ2) is 5.95. The molecule has 0 atom stereocenters. The molecule has 1 fully saturated rings. The molecule has 1 aliphatic carbocycles. The van der Waals surface area contributed by atoms with E-state index in [1.165, 1.54) is 18.4 Å². The summed E-state index contributed by atoms with van der Waals surface area (Å²) >= 11 is 1.63. The van der Waals surface area contributed by atoms with Crippen LogP contribution >= 0.6 is 11.3 Å². The second-order valence-electron chi connectivity index (χ2n) is 4.32. The molecule has 1 saturated carbocycles. The normalized spacial score (nSPS) is 16.2. The molecule has 0 aliphatic heterocycles. The lowest BCUT2D eigenvalue weighted by molar-refractivity contribution is 0.576. The highest BCUT2D eigenvalue weighted by molar-refractivity contribution is 7.89. The van der Waals surface area contributed by atoms with Crippen LogP contribution in [-0.2, 0) is 16.4 Å². The Morgan fingerprint density at radius 1 is 1.35 bits per heavy atom. The van der Waals surface area contributed by atoms with Crippen LogP contribution in [0.2, 0.25) is 0 Å². The Morgan fingerprint density at radius 2 is 2.18 bits per heavy atom. The maximum absolute atomic E-state index is 11.6. The van der Waals surface area contributed by atoms with Gasteiger partial charge in [0.1, 0.15) is 0 Å². The van der Waals surface area contributed by atoms with E-state index in [-0.39, 0.29) is 5.75 Å². The quantitative estimate of drug-likeness (QED) is 0.742. The van der Waals surface area contributed by atoms with Gasteiger partial charge in [-0.2, -0.15) is 11.3 Å². The molecule has 17 heavy (non-hydrogen) atoms. The maximum Gasteiger partial charge on any atom is 0.212 e. The van der Waals surface area contributed by atoms with Crippen LogP contribution in [-0.4, -0.2) is 33.3 Å². The molecular formula is C11H18N2O2S2. The average molecular weight is 274 g/mol. The van der Waals surface area contributed by atoms with Gasteiger partial charge >= 0.3 is 0 Å². The van der Waals surface area contributed by atoms with E-state index in [0.717, 1.165) is 6.42 Å². The van der Waals surface area contributed by atoms with Crippen LogP contribution in [0.4, 0.5) is 0 Å². The Bertz CT molecular complexity index is 424. The van der Waals surface area contributed by atoms with E-state index in [9.17, 15) is 8.42 Å². The van der Waals surface area contributed by atoms with Gasteiger partial charge in [-0.1, -0.05) is 0 Å². The number of nitrogens with one attached hydrogen (secondary N) is 2. The van der Waals surface area contributed by atoms with Gasteiger partial charge in [-0.05, 0) is 41.7 Å². The zero-order chi connectivity index (χ0) is 12.1. The van der Waals surface area contributed by atoms with Gasteiger partial charge in [0, 0.05) is 19.1 Å². The van der Waals surface area contributed by atoms with Crippen LogP contribution in [0.3, 0.4) is 0 Å². The molecule has 1 aromatic rings. The number of rotatable bonds is 8. The summed E-state index contributed by atoms with van der Waals surface area (Å²) in [6.45, 7) is 1.04. The molecule has 0 bridgehead atoms. The molecule has 1 aliphatic rings. The molecule has 0 spiro atoms. The van der Waals surface area contributed by atoms with Gasteiger partial charge in [0.15, 0.2) is 0 Å². The van der Waals surface area contributed by atoms with Crippen LogP contribution in [0.25, 0.3) is 0 Å². The van der Waals surface area contributed by atoms with E-state index in [1.807, 2.05) is 16.8 Å². The Hall–Kier alpha value is -0.430. The van der Waals surface area contributed by atoms with Crippen molar-refractivity contribution in [3.63, 3.8) is 0 Å². The fraction of sp³-hybridized carbons (Fsp3) is 0.636. The van der Waals surface area contributed by atoms with E-state index in [4.69, 9.17) is 0 Å². The van der Waals surface area contributed by atoms with Crippen LogP contribution < -0.4 is 10.0 Å². The minimum absolute atomic E-state index is 0.174. The van der Waals surface area contributed by atoms with E-state index < -0.39 is 10.0 Å². The van der Waals surface area contributed by atoms with E-state index in [0.29, 0.717) is 19.1 Å². The summed E-state index contributed by atoms with van der Waals surface area (Å²) in [6, 6.07) is 2.59. The SMILES string of the molecule is O=S(=O)(CCNC1CC1)NCCc1ccsc1. The predicted molar refractivity (Wildman–Crippen MR) is 70.8 cm³/mol. The van der Waals surface area contributed by atoms with Gasteiger partial charge in [-0.15, -0.1) is 0 Å². The van der Waals surface area contributed by atoms with E-state index in [1.54, 1.807) is 11.3 Å². The molecule has 0 saturated heterocycles. The lowest BCUT2D eigenvalue weighted by atomic mass is 10.2. The van der Waals surface area contributed by atoms with Crippen molar-refractivity contribution < 1.29 is 8.42 Å². The number of sulfonamides is 1. The topological polar surface area (TPSA) is 58.2 Å². The predicted octanol–water partition coefficient (Wildman–Crippen LogP) is 0.962.